The predicted octanol–water partition coefficient (Wildman–Crippen LogP) is 4.86. The van der Waals surface area contributed by atoms with Crippen LogP contribution in [-0.4, -0.2) is 60.3 Å². The van der Waals surface area contributed by atoms with Crippen molar-refractivity contribution in [2.45, 2.75) is 64.8 Å². The number of fused-ring (bicyclic) bond motifs is 3. The standard InChI is InChI=1S/C28H37BClNO6/c1-4-6-17(12-18-8-9-20(32)14-23(18)30)7-10-24-25-19(16-36-3)13-21-26(22(25)15-29(35)37-24)28(34)31(11-5-2)27(21)33/h8-9,12,14,21-22,24,26,32,35H,4-7,10-11,13,15-16H2,1-3H3/b17-12+/t21-,22+,24-,26-/m1/s1. The van der Waals surface area contributed by atoms with Gasteiger partial charge >= 0.3 is 7.12 Å². The number of ether oxygens (including phenoxy) is 1. The van der Waals surface area contributed by atoms with Crippen LogP contribution in [0.3, 0.4) is 0 Å². The Morgan fingerprint density at radius 3 is 2.68 bits per heavy atom. The molecule has 37 heavy (non-hydrogen) atoms. The molecule has 1 aromatic carbocycles. The molecule has 1 aromatic rings. The fourth-order valence-corrected chi connectivity index (χ4v) is 6.57. The Morgan fingerprint density at radius 1 is 1.22 bits per heavy atom. The minimum atomic E-state index is -0.991. The van der Waals surface area contributed by atoms with E-state index in [1.807, 2.05) is 6.92 Å². The van der Waals surface area contributed by atoms with Crippen molar-refractivity contribution in [1.82, 2.24) is 4.90 Å². The van der Waals surface area contributed by atoms with Gasteiger partial charge in [0, 0.05) is 13.7 Å². The Balaban J connectivity index is 1.62. The first-order valence-corrected chi connectivity index (χ1v) is 13.7. The van der Waals surface area contributed by atoms with Gasteiger partial charge < -0.3 is 19.5 Å². The van der Waals surface area contributed by atoms with Crippen LogP contribution in [0.1, 0.15) is 57.9 Å². The second kappa shape index (κ2) is 12.2. The summed E-state index contributed by atoms with van der Waals surface area (Å²) in [4.78, 5) is 27.9. The summed E-state index contributed by atoms with van der Waals surface area (Å²) in [6, 6.07) is 4.95. The first-order valence-electron chi connectivity index (χ1n) is 13.4. The van der Waals surface area contributed by atoms with Crippen LogP contribution in [0.2, 0.25) is 11.3 Å². The van der Waals surface area contributed by atoms with Crippen molar-refractivity contribution in [3.05, 3.63) is 45.5 Å². The van der Waals surface area contributed by atoms with E-state index in [0.717, 1.165) is 42.4 Å². The van der Waals surface area contributed by atoms with Gasteiger partial charge in [-0.1, -0.05) is 43.5 Å². The molecule has 0 spiro atoms. The average Bonchev–Trinajstić information content (AvgIpc) is 3.09. The normalized spacial score (nSPS) is 26.1. The van der Waals surface area contributed by atoms with Crippen molar-refractivity contribution in [2.24, 2.45) is 17.8 Å². The lowest BCUT2D eigenvalue weighted by atomic mass is 9.58. The molecule has 0 aromatic heterocycles. The number of imide groups is 1. The summed E-state index contributed by atoms with van der Waals surface area (Å²) >= 11 is 6.35. The number of aromatic hydroxyl groups is 1. The van der Waals surface area contributed by atoms with E-state index in [1.165, 1.54) is 16.5 Å². The van der Waals surface area contributed by atoms with Crippen LogP contribution < -0.4 is 0 Å². The second-order valence-electron chi connectivity index (χ2n) is 10.4. The summed E-state index contributed by atoms with van der Waals surface area (Å²) < 4.78 is 11.6. The number of phenolic OH excluding ortho intramolecular Hbond substituents is 1. The molecule has 7 nitrogen and oxygen atoms in total. The van der Waals surface area contributed by atoms with Gasteiger partial charge in [0.05, 0.1) is 29.6 Å². The number of methoxy groups -OCH3 is 1. The van der Waals surface area contributed by atoms with Crippen LogP contribution in [0.4, 0.5) is 0 Å². The van der Waals surface area contributed by atoms with Crippen molar-refractivity contribution in [1.29, 1.82) is 0 Å². The van der Waals surface area contributed by atoms with E-state index in [-0.39, 0.29) is 29.6 Å². The molecule has 2 saturated heterocycles. The fourth-order valence-electron chi connectivity index (χ4n) is 6.34. The van der Waals surface area contributed by atoms with Crippen molar-refractivity contribution in [2.75, 3.05) is 20.3 Å². The molecule has 2 fully saturated rings. The minimum Gasteiger partial charge on any atom is -0.508 e. The van der Waals surface area contributed by atoms with E-state index in [2.05, 4.69) is 13.0 Å². The summed E-state index contributed by atoms with van der Waals surface area (Å²) in [7, 11) is 0.644. The predicted molar refractivity (Wildman–Crippen MR) is 144 cm³/mol. The second-order valence-corrected chi connectivity index (χ2v) is 10.8. The third kappa shape index (κ3) is 5.82. The third-order valence-corrected chi connectivity index (χ3v) is 8.13. The zero-order chi connectivity index (χ0) is 26.7. The monoisotopic (exact) mass is 529 g/mol. The Kier molecular flexibility index (Phi) is 9.17. The van der Waals surface area contributed by atoms with Gasteiger partial charge in [-0.3, -0.25) is 14.5 Å². The molecule has 2 heterocycles. The first-order chi connectivity index (χ1) is 17.8. The maximum absolute atomic E-state index is 13.4. The van der Waals surface area contributed by atoms with Crippen molar-refractivity contribution >= 4 is 36.6 Å². The largest absolute Gasteiger partial charge is 0.508 e. The summed E-state index contributed by atoms with van der Waals surface area (Å²) in [6.45, 7) is 4.89. The van der Waals surface area contributed by atoms with Crippen molar-refractivity contribution in [3.8, 4) is 5.75 Å². The van der Waals surface area contributed by atoms with Gasteiger partial charge in [-0.15, -0.1) is 0 Å². The van der Waals surface area contributed by atoms with Crippen LogP contribution in [0.15, 0.2) is 34.9 Å². The molecule has 3 aliphatic rings. The van der Waals surface area contributed by atoms with Gasteiger partial charge in [-0.2, -0.15) is 0 Å². The molecule has 0 radical (unpaired) electrons. The minimum absolute atomic E-state index is 0.0963. The number of phenols is 1. The number of carbonyl (C=O) groups excluding carboxylic acids is 2. The van der Waals surface area contributed by atoms with Crippen molar-refractivity contribution < 1.29 is 29.1 Å². The number of likely N-dealkylation sites (tertiary alicyclic amines) is 1. The smallest absolute Gasteiger partial charge is 0.455 e. The quantitative estimate of drug-likeness (QED) is 0.255. The highest BCUT2D eigenvalue weighted by molar-refractivity contribution is 6.43. The molecule has 0 bridgehead atoms. The molecule has 0 unspecified atom stereocenters. The van der Waals surface area contributed by atoms with E-state index < -0.39 is 19.0 Å². The zero-order valence-electron chi connectivity index (χ0n) is 21.9. The van der Waals surface area contributed by atoms with Gasteiger partial charge in [-0.25, -0.2) is 0 Å². The van der Waals surface area contributed by atoms with E-state index in [9.17, 15) is 19.7 Å². The molecule has 4 atom stereocenters. The topological polar surface area (TPSA) is 96.3 Å². The maximum atomic E-state index is 13.4. The summed E-state index contributed by atoms with van der Waals surface area (Å²) in [5.74, 6) is -1.16. The van der Waals surface area contributed by atoms with Gasteiger partial charge in [0.15, 0.2) is 0 Å². The third-order valence-electron chi connectivity index (χ3n) is 7.81. The number of hydrogen-bond acceptors (Lipinski definition) is 6. The van der Waals surface area contributed by atoms with Gasteiger partial charge in [0.2, 0.25) is 11.8 Å². The lowest BCUT2D eigenvalue weighted by Crippen LogP contribution is -2.46. The number of allylic oxidation sites excluding steroid dienone is 1. The molecule has 2 aliphatic heterocycles. The number of nitrogens with zero attached hydrogens (tertiary/aromatic N) is 1. The van der Waals surface area contributed by atoms with Crippen LogP contribution in [0.25, 0.3) is 6.08 Å². The molecular formula is C28H37BClNO6. The van der Waals surface area contributed by atoms with E-state index in [4.69, 9.17) is 21.0 Å². The zero-order valence-corrected chi connectivity index (χ0v) is 22.7. The molecule has 9 heteroatoms. The van der Waals surface area contributed by atoms with E-state index in [1.54, 1.807) is 19.2 Å². The van der Waals surface area contributed by atoms with Crippen LogP contribution in [-0.2, 0) is 19.0 Å². The fraction of sp³-hybridized carbons (Fsp3) is 0.571. The van der Waals surface area contributed by atoms with Crippen LogP contribution in [0, 0.1) is 17.8 Å². The lowest BCUT2D eigenvalue weighted by molar-refractivity contribution is -0.140. The highest BCUT2D eigenvalue weighted by Crippen LogP contribution is 2.50. The molecule has 1 aliphatic carbocycles. The van der Waals surface area contributed by atoms with Gasteiger partial charge in [-0.05, 0) is 79.3 Å². The van der Waals surface area contributed by atoms with Crippen LogP contribution >= 0.6 is 11.6 Å². The van der Waals surface area contributed by atoms with Gasteiger partial charge in [0.1, 0.15) is 5.75 Å². The highest BCUT2D eigenvalue weighted by atomic mass is 35.5. The van der Waals surface area contributed by atoms with Crippen LogP contribution in [0.5, 0.6) is 5.75 Å². The number of hydrogen-bond donors (Lipinski definition) is 2. The number of carbonyl (C=O) groups is 2. The molecule has 4 rings (SSSR count). The number of halogens is 1. The highest BCUT2D eigenvalue weighted by Gasteiger charge is 2.57. The number of benzene rings is 1. The number of rotatable bonds is 10. The molecular weight excluding hydrogens is 493 g/mol. The first kappa shape index (κ1) is 27.9. The lowest BCUT2D eigenvalue weighted by Gasteiger charge is -2.43. The number of amides is 2. The SMILES string of the molecule is CCC/C(=C\c1ccc(O)cc1Cl)CC[C@H]1OB(O)C[C@H]2C1=C(COC)C[C@H]1C(=O)N(CCC)C(=O)[C@H]12. The summed E-state index contributed by atoms with van der Waals surface area (Å²) in [5.41, 5.74) is 4.09. The Labute approximate surface area is 224 Å². The van der Waals surface area contributed by atoms with E-state index in [0.29, 0.717) is 37.3 Å². The summed E-state index contributed by atoms with van der Waals surface area (Å²) in [5, 5.41) is 20.9. The van der Waals surface area contributed by atoms with E-state index >= 15 is 0 Å². The van der Waals surface area contributed by atoms with Crippen molar-refractivity contribution in [3.63, 3.8) is 0 Å². The Morgan fingerprint density at radius 2 is 2.00 bits per heavy atom. The maximum Gasteiger partial charge on any atom is 0.455 e. The molecule has 2 amide bonds. The average molecular weight is 530 g/mol. The Bertz CT molecular complexity index is 1090. The van der Waals surface area contributed by atoms with Gasteiger partial charge in [0.25, 0.3) is 0 Å². The molecule has 0 saturated carbocycles. The Hall–Kier alpha value is -2.13. The molecule has 200 valence electrons. The summed E-state index contributed by atoms with van der Waals surface area (Å²) in [6.07, 6.45) is 6.42. The molecule has 2 N–H and O–H groups in total.